The van der Waals surface area contributed by atoms with Crippen molar-refractivity contribution >= 4 is 26.0 Å². The maximum absolute atomic E-state index is 11.5. The lowest BCUT2D eigenvalue weighted by Crippen LogP contribution is -2.25. The van der Waals surface area contributed by atoms with Crippen LogP contribution in [-0.4, -0.2) is 32.6 Å². The third kappa shape index (κ3) is 3.93. The molecule has 0 unspecified atom stereocenters. The van der Waals surface area contributed by atoms with Gasteiger partial charge in [-0.25, -0.2) is 12.7 Å². The number of rotatable bonds is 4. The first-order chi connectivity index (χ1) is 6.92. The van der Waals surface area contributed by atoms with Crippen LogP contribution in [0, 0.1) is 0 Å². The van der Waals surface area contributed by atoms with Gasteiger partial charge in [0.25, 0.3) is 0 Å². The zero-order valence-corrected chi connectivity index (χ0v) is 11.2. The smallest absolute Gasteiger partial charge is 0.212 e. The summed E-state index contributed by atoms with van der Waals surface area (Å²) in [6.45, 7) is 0. The van der Waals surface area contributed by atoms with Gasteiger partial charge in [-0.15, -0.1) is 0 Å². The zero-order chi connectivity index (χ0) is 11.5. The van der Waals surface area contributed by atoms with Gasteiger partial charge < -0.3 is 0 Å². The van der Waals surface area contributed by atoms with Crippen molar-refractivity contribution in [2.75, 3.05) is 19.8 Å². The molecule has 0 spiro atoms. The van der Waals surface area contributed by atoms with Gasteiger partial charge in [0.2, 0.25) is 10.0 Å². The second kappa shape index (κ2) is 5.09. The molecule has 0 amide bonds. The minimum absolute atomic E-state index is 0.149. The van der Waals surface area contributed by atoms with E-state index in [2.05, 4.69) is 15.9 Å². The standard InChI is InChI=1S/C10H14BrNO2S/c1-12(2)15(13,14)7-6-9-4-3-5-10(11)8-9/h3-5,8H,6-7H2,1-2H3. The Balaban J connectivity index is 2.66. The summed E-state index contributed by atoms with van der Waals surface area (Å²) >= 11 is 3.35. The largest absolute Gasteiger partial charge is 0.213 e. The topological polar surface area (TPSA) is 37.4 Å². The molecule has 0 aliphatic rings. The van der Waals surface area contributed by atoms with Crippen molar-refractivity contribution in [1.82, 2.24) is 4.31 Å². The maximum Gasteiger partial charge on any atom is 0.213 e. The predicted octanol–water partition coefficient (Wildman–Crippen LogP) is 1.88. The Kier molecular flexibility index (Phi) is 4.31. The van der Waals surface area contributed by atoms with Crippen LogP contribution >= 0.6 is 15.9 Å². The third-order valence-corrected chi connectivity index (χ3v) is 4.42. The number of halogens is 1. The Hall–Kier alpha value is -0.390. The molecule has 1 aromatic rings. The third-order valence-electron chi connectivity index (χ3n) is 2.09. The molecule has 0 bridgehead atoms. The molecule has 1 rings (SSSR count). The highest BCUT2D eigenvalue weighted by atomic mass is 79.9. The van der Waals surface area contributed by atoms with Crippen molar-refractivity contribution in [2.24, 2.45) is 0 Å². The van der Waals surface area contributed by atoms with Crippen LogP contribution in [0.25, 0.3) is 0 Å². The maximum atomic E-state index is 11.5. The SMILES string of the molecule is CN(C)S(=O)(=O)CCc1cccc(Br)c1. The minimum atomic E-state index is -3.09. The van der Waals surface area contributed by atoms with Gasteiger partial charge in [0.1, 0.15) is 0 Å². The molecule has 5 heteroatoms. The molecule has 0 saturated carbocycles. The Labute approximate surface area is 99.3 Å². The summed E-state index contributed by atoms with van der Waals surface area (Å²) in [5.41, 5.74) is 1.02. The molecule has 0 N–H and O–H groups in total. The summed E-state index contributed by atoms with van der Waals surface area (Å²) in [6, 6.07) is 7.69. The van der Waals surface area contributed by atoms with Crippen LogP contribution in [0.1, 0.15) is 5.56 Å². The fourth-order valence-corrected chi connectivity index (χ4v) is 2.43. The van der Waals surface area contributed by atoms with E-state index in [9.17, 15) is 8.42 Å². The summed E-state index contributed by atoms with van der Waals surface area (Å²) in [5, 5.41) is 0. The van der Waals surface area contributed by atoms with E-state index in [1.165, 1.54) is 4.31 Å². The van der Waals surface area contributed by atoms with Crippen molar-refractivity contribution < 1.29 is 8.42 Å². The molecule has 3 nitrogen and oxygen atoms in total. The van der Waals surface area contributed by atoms with E-state index in [4.69, 9.17) is 0 Å². The van der Waals surface area contributed by atoms with Crippen LogP contribution in [-0.2, 0) is 16.4 Å². The molecule has 0 saturated heterocycles. The van der Waals surface area contributed by atoms with Gasteiger partial charge in [-0.1, -0.05) is 28.1 Å². The second-order valence-electron chi connectivity index (χ2n) is 3.48. The van der Waals surface area contributed by atoms with Gasteiger partial charge in [-0.05, 0) is 24.1 Å². The number of hydrogen-bond acceptors (Lipinski definition) is 2. The van der Waals surface area contributed by atoms with Crippen LogP contribution in [0.5, 0.6) is 0 Å². The first-order valence-corrected chi connectivity index (χ1v) is 6.97. The van der Waals surface area contributed by atoms with Crippen molar-refractivity contribution in [2.45, 2.75) is 6.42 Å². The van der Waals surface area contributed by atoms with Crippen LogP contribution in [0.2, 0.25) is 0 Å². The highest BCUT2D eigenvalue weighted by Gasteiger charge is 2.13. The molecule has 84 valence electrons. The lowest BCUT2D eigenvalue weighted by Gasteiger charge is -2.10. The summed E-state index contributed by atoms with van der Waals surface area (Å²) in [4.78, 5) is 0. The molecule has 0 aliphatic heterocycles. The van der Waals surface area contributed by atoms with E-state index in [-0.39, 0.29) is 5.75 Å². The van der Waals surface area contributed by atoms with E-state index in [0.29, 0.717) is 6.42 Å². The number of benzene rings is 1. The van der Waals surface area contributed by atoms with Gasteiger partial charge in [-0.3, -0.25) is 0 Å². The monoisotopic (exact) mass is 291 g/mol. The minimum Gasteiger partial charge on any atom is -0.212 e. The molecule has 1 aromatic carbocycles. The molecular formula is C10H14BrNO2S. The summed E-state index contributed by atoms with van der Waals surface area (Å²) < 4.78 is 25.2. The molecule has 0 aliphatic carbocycles. The van der Waals surface area contributed by atoms with Crippen molar-refractivity contribution in [3.05, 3.63) is 34.3 Å². The fourth-order valence-electron chi connectivity index (χ4n) is 1.12. The molecule has 0 heterocycles. The van der Waals surface area contributed by atoms with E-state index in [0.717, 1.165) is 10.0 Å². The Morgan fingerprint density at radius 2 is 2.00 bits per heavy atom. The Bertz CT molecular complexity index is 429. The lowest BCUT2D eigenvalue weighted by molar-refractivity contribution is 0.520. The quantitative estimate of drug-likeness (QED) is 0.849. The van der Waals surface area contributed by atoms with Crippen LogP contribution in [0.15, 0.2) is 28.7 Å². The number of nitrogens with zero attached hydrogens (tertiary/aromatic N) is 1. The van der Waals surface area contributed by atoms with Gasteiger partial charge in [-0.2, -0.15) is 0 Å². The van der Waals surface area contributed by atoms with Crippen molar-refractivity contribution in [1.29, 1.82) is 0 Å². The average molecular weight is 292 g/mol. The van der Waals surface area contributed by atoms with E-state index in [1.807, 2.05) is 24.3 Å². The first kappa shape index (κ1) is 12.7. The van der Waals surface area contributed by atoms with Gasteiger partial charge in [0.15, 0.2) is 0 Å². The summed E-state index contributed by atoms with van der Waals surface area (Å²) in [5.74, 6) is 0.149. The fraction of sp³-hybridized carbons (Fsp3) is 0.400. The van der Waals surface area contributed by atoms with Gasteiger partial charge >= 0.3 is 0 Å². The highest BCUT2D eigenvalue weighted by Crippen LogP contribution is 2.12. The zero-order valence-electron chi connectivity index (χ0n) is 8.77. The molecule has 0 atom stereocenters. The highest BCUT2D eigenvalue weighted by molar-refractivity contribution is 9.10. The number of hydrogen-bond donors (Lipinski definition) is 0. The van der Waals surface area contributed by atoms with Crippen LogP contribution in [0.3, 0.4) is 0 Å². The summed E-state index contributed by atoms with van der Waals surface area (Å²) in [6.07, 6.45) is 0.542. The number of aryl methyl sites for hydroxylation is 1. The number of sulfonamides is 1. The lowest BCUT2D eigenvalue weighted by atomic mass is 10.2. The molecule has 15 heavy (non-hydrogen) atoms. The normalized spacial score (nSPS) is 12.0. The molecular weight excluding hydrogens is 278 g/mol. The molecule has 0 aromatic heterocycles. The van der Waals surface area contributed by atoms with E-state index >= 15 is 0 Å². The molecule has 0 fully saturated rings. The first-order valence-electron chi connectivity index (χ1n) is 4.56. The van der Waals surface area contributed by atoms with Crippen molar-refractivity contribution in [3.8, 4) is 0 Å². The summed E-state index contributed by atoms with van der Waals surface area (Å²) in [7, 11) is 0.0124. The van der Waals surface area contributed by atoms with E-state index < -0.39 is 10.0 Å². The predicted molar refractivity (Wildman–Crippen MR) is 65.3 cm³/mol. The average Bonchev–Trinajstić information content (AvgIpc) is 2.15. The van der Waals surface area contributed by atoms with Crippen LogP contribution < -0.4 is 0 Å². The van der Waals surface area contributed by atoms with Crippen molar-refractivity contribution in [3.63, 3.8) is 0 Å². The second-order valence-corrected chi connectivity index (χ2v) is 6.70. The van der Waals surface area contributed by atoms with Crippen LogP contribution in [0.4, 0.5) is 0 Å². The van der Waals surface area contributed by atoms with Gasteiger partial charge in [0.05, 0.1) is 5.75 Å². The van der Waals surface area contributed by atoms with Gasteiger partial charge in [0, 0.05) is 18.6 Å². The molecule has 0 radical (unpaired) electrons. The Morgan fingerprint density at radius 3 is 2.53 bits per heavy atom. The van der Waals surface area contributed by atoms with E-state index in [1.54, 1.807) is 14.1 Å². The Morgan fingerprint density at radius 1 is 1.33 bits per heavy atom.